The number of alkyl halides is 1. The van der Waals surface area contributed by atoms with Crippen LogP contribution in [0, 0.1) is 0 Å². The Labute approximate surface area is 217 Å². The minimum atomic E-state index is -4.08. The SMILES string of the molecule is CNc1cc2[nH]c(=O)n(-c3ccc(NC(=O)NS(=O)(=O)C4=CCC(Cl)S4)cc3Cl)c(=O)c2cc1Cl. The number of rotatable bonds is 5. The number of sulfonamides is 1. The standard InChI is InChI=1S/C20H16Cl3N5O5S2/c1-24-14-8-13-10(7-11(14)21)18(29)28(20(31)26-13)15-3-2-9(6-12(15)22)25-19(30)27-35(32,33)17-5-4-16(23)34-17/h2-3,5-8,16,24H,4H2,1H3,(H,26,31)(H2,25,27,30). The second kappa shape index (κ2) is 9.78. The van der Waals surface area contributed by atoms with Gasteiger partial charge in [0.25, 0.3) is 15.6 Å². The summed E-state index contributed by atoms with van der Waals surface area (Å²) in [4.78, 5) is 40.6. The van der Waals surface area contributed by atoms with Crippen molar-refractivity contribution in [2.75, 3.05) is 17.7 Å². The number of benzene rings is 2. The minimum absolute atomic E-state index is 0.0436. The van der Waals surface area contributed by atoms with Crippen molar-refractivity contribution in [2.24, 2.45) is 0 Å². The number of anilines is 2. The lowest BCUT2D eigenvalue weighted by atomic mass is 10.2. The molecule has 0 saturated carbocycles. The molecule has 0 aliphatic carbocycles. The van der Waals surface area contributed by atoms with Crippen LogP contribution in [0.5, 0.6) is 0 Å². The maximum atomic E-state index is 13.1. The largest absolute Gasteiger partial charge is 0.387 e. The summed E-state index contributed by atoms with van der Waals surface area (Å²) < 4.78 is 26.9. The third-order valence-corrected chi connectivity index (χ3v) is 8.91. The summed E-state index contributed by atoms with van der Waals surface area (Å²) in [5.74, 6) is 0. The number of urea groups is 1. The highest BCUT2D eigenvalue weighted by Gasteiger charge is 2.28. The van der Waals surface area contributed by atoms with E-state index in [0.717, 1.165) is 16.3 Å². The van der Waals surface area contributed by atoms with Crippen molar-refractivity contribution in [3.05, 3.63) is 71.5 Å². The minimum Gasteiger partial charge on any atom is -0.387 e. The zero-order chi connectivity index (χ0) is 25.5. The second-order valence-corrected chi connectivity index (χ2v) is 12.0. The Bertz CT molecular complexity index is 1620. The molecule has 0 bridgehead atoms. The summed E-state index contributed by atoms with van der Waals surface area (Å²) in [5.41, 5.74) is -0.396. The van der Waals surface area contributed by atoms with Crippen LogP contribution in [-0.2, 0) is 10.0 Å². The number of hydrogen-bond donors (Lipinski definition) is 4. The van der Waals surface area contributed by atoms with Crippen LogP contribution in [0.15, 0.2) is 50.2 Å². The normalized spacial score (nSPS) is 15.7. The Morgan fingerprint density at radius 3 is 2.54 bits per heavy atom. The number of hydrogen-bond acceptors (Lipinski definition) is 7. The average molecular weight is 577 g/mol. The van der Waals surface area contributed by atoms with Crippen LogP contribution in [0.3, 0.4) is 0 Å². The molecule has 3 aromatic rings. The fourth-order valence-electron chi connectivity index (χ4n) is 3.33. The van der Waals surface area contributed by atoms with Crippen molar-refractivity contribution in [2.45, 2.75) is 11.1 Å². The molecule has 0 spiro atoms. The van der Waals surface area contributed by atoms with E-state index in [1.54, 1.807) is 13.1 Å². The molecule has 1 aliphatic heterocycles. The number of allylic oxidation sites excluding steroid dienone is 1. The fraction of sp³-hybridized carbons (Fsp3) is 0.150. The summed E-state index contributed by atoms with van der Waals surface area (Å²) in [6.07, 6.45) is 1.78. The first-order chi connectivity index (χ1) is 16.5. The molecule has 0 fully saturated rings. The van der Waals surface area contributed by atoms with Gasteiger partial charge in [0.15, 0.2) is 0 Å². The van der Waals surface area contributed by atoms with Gasteiger partial charge in [-0.3, -0.25) is 4.79 Å². The zero-order valence-corrected chi connectivity index (χ0v) is 21.6. The van der Waals surface area contributed by atoms with E-state index in [9.17, 15) is 22.8 Å². The highest BCUT2D eigenvalue weighted by Crippen LogP contribution is 2.37. The van der Waals surface area contributed by atoms with Gasteiger partial charge in [-0.2, -0.15) is 0 Å². The number of aromatic amines is 1. The van der Waals surface area contributed by atoms with Crippen LogP contribution >= 0.6 is 46.6 Å². The Kier molecular flexibility index (Phi) is 7.11. The van der Waals surface area contributed by atoms with E-state index in [2.05, 4.69) is 15.6 Å². The van der Waals surface area contributed by atoms with Gasteiger partial charge in [0.1, 0.15) is 4.24 Å². The molecular weight excluding hydrogens is 561 g/mol. The second-order valence-electron chi connectivity index (χ2n) is 7.21. The van der Waals surface area contributed by atoms with Crippen molar-refractivity contribution in [3.63, 3.8) is 0 Å². The number of aromatic nitrogens is 2. The fourth-order valence-corrected chi connectivity index (χ4v) is 6.71. The molecule has 2 aromatic carbocycles. The number of nitrogens with one attached hydrogen (secondary N) is 4. The molecule has 4 rings (SSSR count). The molecule has 1 atom stereocenters. The maximum Gasteiger partial charge on any atom is 0.333 e. The predicted molar refractivity (Wildman–Crippen MR) is 141 cm³/mol. The van der Waals surface area contributed by atoms with Crippen molar-refractivity contribution >= 4 is 84.9 Å². The Morgan fingerprint density at radius 2 is 1.91 bits per heavy atom. The molecule has 0 saturated heterocycles. The third-order valence-electron chi connectivity index (χ3n) is 4.91. The van der Waals surface area contributed by atoms with Crippen LogP contribution in [0.1, 0.15) is 6.42 Å². The van der Waals surface area contributed by atoms with Crippen molar-refractivity contribution in [1.82, 2.24) is 14.3 Å². The Hall–Kier alpha value is -2.64. The van der Waals surface area contributed by atoms with Gasteiger partial charge in [0.2, 0.25) is 0 Å². The van der Waals surface area contributed by atoms with Crippen LogP contribution in [0.4, 0.5) is 16.2 Å². The van der Waals surface area contributed by atoms with Crippen molar-refractivity contribution in [3.8, 4) is 5.69 Å². The first-order valence-electron chi connectivity index (χ1n) is 9.81. The van der Waals surface area contributed by atoms with E-state index >= 15 is 0 Å². The monoisotopic (exact) mass is 575 g/mol. The van der Waals surface area contributed by atoms with E-state index in [4.69, 9.17) is 34.8 Å². The van der Waals surface area contributed by atoms with Gasteiger partial charge in [-0.05, 0) is 36.8 Å². The molecule has 1 unspecified atom stereocenters. The van der Waals surface area contributed by atoms with Crippen LogP contribution in [0.2, 0.25) is 10.0 Å². The Balaban J connectivity index is 1.62. The molecule has 15 heteroatoms. The molecule has 35 heavy (non-hydrogen) atoms. The molecule has 2 heterocycles. The van der Waals surface area contributed by atoms with E-state index in [1.807, 2.05) is 4.72 Å². The molecule has 0 radical (unpaired) electrons. The molecule has 10 nitrogen and oxygen atoms in total. The maximum absolute atomic E-state index is 13.1. The van der Waals surface area contributed by atoms with Gasteiger partial charge >= 0.3 is 11.7 Å². The third kappa shape index (κ3) is 5.16. The van der Waals surface area contributed by atoms with Gasteiger partial charge in [-0.1, -0.05) is 41.0 Å². The summed E-state index contributed by atoms with van der Waals surface area (Å²) in [7, 11) is -2.43. The van der Waals surface area contributed by atoms with Crippen molar-refractivity contribution < 1.29 is 13.2 Å². The van der Waals surface area contributed by atoms with E-state index < -0.39 is 32.0 Å². The van der Waals surface area contributed by atoms with E-state index in [-0.39, 0.29) is 36.6 Å². The van der Waals surface area contributed by atoms with Gasteiger partial charge in [0, 0.05) is 12.7 Å². The number of fused-ring (bicyclic) bond motifs is 1. The smallest absolute Gasteiger partial charge is 0.333 e. The summed E-state index contributed by atoms with van der Waals surface area (Å²) in [6.45, 7) is 0. The molecule has 4 N–H and O–H groups in total. The number of nitrogens with zero attached hydrogens (tertiary/aromatic N) is 1. The first-order valence-corrected chi connectivity index (χ1v) is 13.4. The molecule has 184 valence electrons. The van der Waals surface area contributed by atoms with Gasteiger partial charge in [0.05, 0.1) is 37.0 Å². The quantitative estimate of drug-likeness (QED) is 0.336. The average Bonchev–Trinajstić information content (AvgIpc) is 3.22. The van der Waals surface area contributed by atoms with Crippen molar-refractivity contribution in [1.29, 1.82) is 0 Å². The highest BCUT2D eigenvalue weighted by molar-refractivity contribution is 8.19. The number of amides is 2. The first kappa shape index (κ1) is 25.5. The lowest BCUT2D eigenvalue weighted by molar-refractivity contribution is 0.256. The predicted octanol–water partition coefficient (Wildman–Crippen LogP) is 4.02. The summed E-state index contributed by atoms with van der Waals surface area (Å²) in [5, 5.41) is 5.62. The molecule has 2 amide bonds. The lowest BCUT2D eigenvalue weighted by Gasteiger charge is -2.12. The number of thioether (sulfide) groups is 1. The number of H-pyrrole nitrogens is 1. The highest BCUT2D eigenvalue weighted by atomic mass is 35.5. The van der Waals surface area contributed by atoms with Gasteiger partial charge < -0.3 is 15.6 Å². The zero-order valence-electron chi connectivity index (χ0n) is 17.7. The lowest BCUT2D eigenvalue weighted by Crippen LogP contribution is -2.35. The molecule has 1 aliphatic rings. The number of carbonyl (C=O) groups is 1. The summed E-state index contributed by atoms with van der Waals surface area (Å²) in [6, 6.07) is 5.92. The van der Waals surface area contributed by atoms with E-state index in [1.165, 1.54) is 30.3 Å². The number of halogens is 3. The molecular formula is C20H16Cl3N5O5S2. The van der Waals surface area contributed by atoms with Crippen LogP contribution in [0.25, 0.3) is 16.6 Å². The summed E-state index contributed by atoms with van der Waals surface area (Å²) >= 11 is 19.3. The van der Waals surface area contributed by atoms with E-state index in [0.29, 0.717) is 12.1 Å². The molecule has 1 aromatic heterocycles. The van der Waals surface area contributed by atoms with Gasteiger partial charge in [-0.15, -0.1) is 11.6 Å². The number of carbonyl (C=O) groups excluding carboxylic acids is 1. The van der Waals surface area contributed by atoms with Gasteiger partial charge in [-0.25, -0.2) is 27.3 Å². The Morgan fingerprint density at radius 1 is 1.17 bits per heavy atom. The van der Waals surface area contributed by atoms with Crippen LogP contribution in [-0.4, -0.2) is 35.8 Å². The van der Waals surface area contributed by atoms with Crippen LogP contribution < -0.4 is 26.6 Å². The topological polar surface area (TPSA) is 142 Å².